The molecule has 0 aliphatic carbocycles. The van der Waals surface area contributed by atoms with E-state index < -0.39 is 12.0 Å². The van der Waals surface area contributed by atoms with E-state index in [9.17, 15) is 9.90 Å². The van der Waals surface area contributed by atoms with Crippen molar-refractivity contribution in [2.24, 2.45) is 0 Å². The smallest absolute Gasteiger partial charge is 0.320 e. The van der Waals surface area contributed by atoms with Crippen LogP contribution in [0.2, 0.25) is 0 Å². The average molecular weight is 480 g/mol. The fourth-order valence-electron chi connectivity index (χ4n) is 4.26. The highest BCUT2D eigenvalue weighted by molar-refractivity contribution is 9.10. The third kappa shape index (κ3) is 5.35. The van der Waals surface area contributed by atoms with Gasteiger partial charge in [0.25, 0.3) is 0 Å². The Hall–Kier alpha value is -2.63. The van der Waals surface area contributed by atoms with Gasteiger partial charge in [-0.1, -0.05) is 76.9 Å². The zero-order valence-electron chi connectivity index (χ0n) is 17.3. The molecule has 5 heteroatoms. The van der Waals surface area contributed by atoms with Gasteiger partial charge < -0.3 is 9.84 Å². The molecule has 0 aromatic heterocycles. The van der Waals surface area contributed by atoms with Crippen molar-refractivity contribution in [3.63, 3.8) is 0 Å². The summed E-state index contributed by atoms with van der Waals surface area (Å²) >= 11 is 3.51. The van der Waals surface area contributed by atoms with Gasteiger partial charge in [-0.15, -0.1) is 0 Å². The number of carboxylic acid groups (broad SMARTS) is 1. The number of halogens is 1. The van der Waals surface area contributed by atoms with Crippen LogP contribution in [0.25, 0.3) is 0 Å². The first-order chi connectivity index (χ1) is 15.1. The topological polar surface area (TPSA) is 49.8 Å². The lowest BCUT2D eigenvalue weighted by Gasteiger charge is -2.39. The zero-order chi connectivity index (χ0) is 21.6. The van der Waals surface area contributed by atoms with E-state index in [1.807, 2.05) is 60.7 Å². The Kier molecular flexibility index (Phi) is 7.05. The molecule has 0 amide bonds. The van der Waals surface area contributed by atoms with E-state index >= 15 is 0 Å². The fraction of sp³-hybridized carbons (Fsp3) is 0.269. The molecular weight excluding hydrogens is 454 g/mol. The van der Waals surface area contributed by atoms with Crippen molar-refractivity contribution in [2.45, 2.75) is 38.0 Å². The van der Waals surface area contributed by atoms with Crippen LogP contribution in [0.4, 0.5) is 0 Å². The van der Waals surface area contributed by atoms with Gasteiger partial charge in [-0.2, -0.15) is 0 Å². The van der Waals surface area contributed by atoms with Crippen molar-refractivity contribution in [1.82, 2.24) is 4.90 Å². The molecule has 1 fully saturated rings. The predicted molar refractivity (Wildman–Crippen MR) is 125 cm³/mol. The normalized spacial score (nSPS) is 17.8. The van der Waals surface area contributed by atoms with E-state index in [2.05, 4.69) is 39.0 Å². The molecule has 0 bridgehead atoms. The summed E-state index contributed by atoms with van der Waals surface area (Å²) in [6.07, 6.45) is 2.62. The Balaban J connectivity index is 1.66. The number of hydrogen-bond donors (Lipinski definition) is 1. The maximum atomic E-state index is 12.0. The van der Waals surface area contributed by atoms with Crippen LogP contribution in [0.15, 0.2) is 83.3 Å². The second kappa shape index (κ2) is 10.1. The van der Waals surface area contributed by atoms with Crippen molar-refractivity contribution >= 4 is 21.9 Å². The first-order valence-corrected chi connectivity index (χ1v) is 11.4. The van der Waals surface area contributed by atoms with E-state index in [0.717, 1.165) is 46.3 Å². The maximum absolute atomic E-state index is 12.0. The number of rotatable bonds is 7. The van der Waals surface area contributed by atoms with Crippen LogP contribution in [0.5, 0.6) is 5.75 Å². The number of likely N-dealkylation sites (tertiary alicyclic amines) is 1. The Labute approximate surface area is 191 Å². The summed E-state index contributed by atoms with van der Waals surface area (Å²) < 4.78 is 7.06. The molecule has 4 nitrogen and oxygen atoms in total. The molecule has 160 valence electrons. The van der Waals surface area contributed by atoms with Gasteiger partial charge >= 0.3 is 5.97 Å². The molecular formula is C26H26BrNO3. The van der Waals surface area contributed by atoms with Gasteiger partial charge in [0.05, 0.1) is 6.04 Å². The molecule has 3 aromatic carbocycles. The van der Waals surface area contributed by atoms with Gasteiger partial charge in [-0.05, 0) is 60.3 Å². The summed E-state index contributed by atoms with van der Waals surface area (Å²) in [6.45, 7) is 1.25. The number of benzene rings is 3. The third-order valence-corrected chi connectivity index (χ3v) is 6.30. The largest absolute Gasteiger partial charge is 0.489 e. The van der Waals surface area contributed by atoms with Crippen molar-refractivity contribution in [1.29, 1.82) is 0 Å². The second-order valence-corrected chi connectivity index (χ2v) is 8.80. The molecule has 4 rings (SSSR count). The fourth-order valence-corrected chi connectivity index (χ4v) is 4.53. The van der Waals surface area contributed by atoms with Crippen molar-refractivity contribution < 1.29 is 14.6 Å². The number of carboxylic acids is 1. The summed E-state index contributed by atoms with van der Waals surface area (Å²) in [7, 11) is 0. The van der Waals surface area contributed by atoms with Crippen LogP contribution in [-0.2, 0) is 11.4 Å². The molecule has 2 unspecified atom stereocenters. The molecule has 31 heavy (non-hydrogen) atoms. The van der Waals surface area contributed by atoms with E-state index in [1.165, 1.54) is 0 Å². The Bertz CT molecular complexity index is 1010. The van der Waals surface area contributed by atoms with Crippen LogP contribution in [0.1, 0.15) is 42.0 Å². The van der Waals surface area contributed by atoms with Gasteiger partial charge in [0.15, 0.2) is 0 Å². The van der Waals surface area contributed by atoms with Gasteiger partial charge in [-0.3, -0.25) is 9.69 Å². The molecule has 1 heterocycles. The van der Waals surface area contributed by atoms with Crippen LogP contribution in [0, 0.1) is 0 Å². The van der Waals surface area contributed by atoms with Gasteiger partial charge in [0.2, 0.25) is 0 Å². The lowest BCUT2D eigenvalue weighted by Crippen LogP contribution is -2.46. The highest BCUT2D eigenvalue weighted by Crippen LogP contribution is 2.36. The van der Waals surface area contributed by atoms with Crippen LogP contribution in [-0.4, -0.2) is 28.6 Å². The molecule has 2 atom stereocenters. The van der Waals surface area contributed by atoms with Gasteiger partial charge in [0.1, 0.15) is 18.4 Å². The first-order valence-electron chi connectivity index (χ1n) is 10.6. The summed E-state index contributed by atoms with van der Waals surface area (Å²) in [6, 6.07) is 25.7. The van der Waals surface area contributed by atoms with E-state index in [4.69, 9.17) is 4.74 Å². The minimum Gasteiger partial charge on any atom is -0.489 e. The Morgan fingerprint density at radius 3 is 2.52 bits per heavy atom. The maximum Gasteiger partial charge on any atom is 0.320 e. The lowest BCUT2D eigenvalue weighted by atomic mass is 9.91. The quantitative estimate of drug-likeness (QED) is 0.447. The average Bonchev–Trinajstić information content (AvgIpc) is 2.80. The highest BCUT2D eigenvalue weighted by Gasteiger charge is 2.35. The van der Waals surface area contributed by atoms with Crippen LogP contribution < -0.4 is 4.74 Å². The number of aliphatic carboxylic acids is 1. The van der Waals surface area contributed by atoms with Gasteiger partial charge in [0, 0.05) is 4.47 Å². The number of nitrogens with zero attached hydrogens (tertiary/aromatic N) is 1. The molecule has 0 radical (unpaired) electrons. The number of carbonyl (C=O) groups is 1. The van der Waals surface area contributed by atoms with Gasteiger partial charge in [-0.25, -0.2) is 0 Å². The monoisotopic (exact) mass is 479 g/mol. The first kappa shape index (κ1) is 21.6. The summed E-state index contributed by atoms with van der Waals surface area (Å²) in [5, 5.41) is 9.89. The number of hydrogen-bond acceptors (Lipinski definition) is 3. The Morgan fingerprint density at radius 2 is 1.77 bits per heavy atom. The number of ether oxygens (including phenoxy) is 1. The van der Waals surface area contributed by atoms with Crippen molar-refractivity contribution in [3.8, 4) is 5.75 Å². The number of piperidine rings is 1. The van der Waals surface area contributed by atoms with Crippen molar-refractivity contribution in [3.05, 3.63) is 100 Å². The minimum absolute atomic E-state index is 0.144. The van der Waals surface area contributed by atoms with Crippen LogP contribution >= 0.6 is 15.9 Å². The molecule has 0 saturated carbocycles. The molecule has 3 aromatic rings. The zero-order valence-corrected chi connectivity index (χ0v) is 18.9. The predicted octanol–water partition coefficient (Wildman–Crippen LogP) is 6.06. The summed E-state index contributed by atoms with van der Waals surface area (Å²) in [5.74, 6) is 0.0330. The SMILES string of the molecule is O=C(O)C1CCCCN1C(c1ccc(Br)cc1)c1cccc(OCc2ccccc2)c1. The minimum atomic E-state index is -0.752. The molecule has 1 aliphatic rings. The molecule has 1 saturated heterocycles. The van der Waals surface area contributed by atoms with Crippen molar-refractivity contribution in [2.75, 3.05) is 6.54 Å². The van der Waals surface area contributed by atoms with E-state index in [1.54, 1.807) is 0 Å². The molecule has 1 aliphatic heterocycles. The highest BCUT2D eigenvalue weighted by atomic mass is 79.9. The van der Waals surface area contributed by atoms with Crippen LogP contribution in [0.3, 0.4) is 0 Å². The van der Waals surface area contributed by atoms with E-state index in [-0.39, 0.29) is 6.04 Å². The third-order valence-electron chi connectivity index (χ3n) is 5.77. The Morgan fingerprint density at radius 1 is 1.00 bits per heavy atom. The second-order valence-electron chi connectivity index (χ2n) is 7.89. The molecule has 0 spiro atoms. The summed E-state index contributed by atoms with van der Waals surface area (Å²) in [4.78, 5) is 14.2. The molecule has 1 N–H and O–H groups in total. The standard InChI is InChI=1S/C26H26BrNO3/c27-22-14-12-20(13-15-22)25(28-16-5-4-11-24(28)26(29)30)21-9-6-10-23(17-21)31-18-19-7-2-1-3-8-19/h1-3,6-10,12-15,17,24-25H,4-5,11,16,18H2,(H,29,30). The lowest BCUT2D eigenvalue weighted by molar-refractivity contribution is -0.145. The van der Waals surface area contributed by atoms with E-state index in [0.29, 0.717) is 13.0 Å². The summed E-state index contributed by atoms with van der Waals surface area (Å²) in [5.41, 5.74) is 3.23.